The van der Waals surface area contributed by atoms with E-state index in [1.165, 1.54) is 12.1 Å². The van der Waals surface area contributed by atoms with Gasteiger partial charge in [-0.15, -0.1) is 0 Å². The van der Waals surface area contributed by atoms with E-state index in [1.54, 1.807) is 11.0 Å². The van der Waals surface area contributed by atoms with Crippen LogP contribution in [0.4, 0.5) is 13.2 Å². The Morgan fingerprint density at radius 2 is 1.74 bits per heavy atom. The third-order valence-corrected chi connectivity index (χ3v) is 16.3. The minimum Gasteiger partial charge on any atom is -0.453 e. The number of carbonyl (C=O) groups is 3. The van der Waals surface area contributed by atoms with Gasteiger partial charge in [-0.2, -0.15) is 13.2 Å². The monoisotopic (exact) mass is 879 g/mol. The van der Waals surface area contributed by atoms with Crippen LogP contribution >= 0.6 is 11.6 Å². The number of carbonyl (C=O) groups excluding carboxylic acids is 3. The van der Waals surface area contributed by atoms with Crippen LogP contribution < -0.4 is 0 Å². The van der Waals surface area contributed by atoms with Crippen molar-refractivity contribution in [2.24, 2.45) is 16.2 Å². The second kappa shape index (κ2) is 15.9. The molecule has 334 valence electrons. The number of ketones is 1. The molecule has 13 heteroatoms. The second-order valence-corrected chi connectivity index (χ2v) is 20.0. The molecule has 3 heterocycles. The van der Waals surface area contributed by atoms with E-state index in [-0.39, 0.29) is 59.6 Å². The summed E-state index contributed by atoms with van der Waals surface area (Å²) in [4.78, 5) is 45.0. The number of ether oxygens (including phenoxy) is 2. The van der Waals surface area contributed by atoms with Crippen molar-refractivity contribution in [2.45, 2.75) is 141 Å². The standard InChI is InChI=1S/C49H57ClF3NO8/c1-29-8-6-19-45(4)37(18-20-47(45,59)28-54(27-33-9-7-23-60-33)42(57)48-22-21-46(5,43(58)62-48)44(48,2)3)34-14-11-30(24-32(55)13-10-29)25-35(34)41(56)40-17-16-39(61-40)36-26-31(49(51,52)53)12-15-38(36)50/h8,11-12,14-17,25-26,32-33,37,55,59H,6-7,9-10,13,18-24,27-28H2,1-5H3/t32-,33+,37-,45-,46-,47+,48+/m0/s1. The highest BCUT2D eigenvalue weighted by molar-refractivity contribution is 6.33. The second-order valence-electron chi connectivity index (χ2n) is 19.6. The van der Waals surface area contributed by atoms with Crippen LogP contribution in [0.1, 0.15) is 138 Å². The predicted molar refractivity (Wildman–Crippen MR) is 226 cm³/mol. The van der Waals surface area contributed by atoms with E-state index in [2.05, 4.69) is 6.08 Å². The van der Waals surface area contributed by atoms with Crippen LogP contribution in [0.25, 0.3) is 11.3 Å². The molecule has 7 atom stereocenters. The maximum Gasteiger partial charge on any atom is 0.416 e. The number of aliphatic hydroxyl groups excluding tert-OH is 1. The van der Waals surface area contributed by atoms with E-state index >= 15 is 4.79 Å². The summed E-state index contributed by atoms with van der Waals surface area (Å²) < 4.78 is 59.3. The number of benzene rings is 2. The summed E-state index contributed by atoms with van der Waals surface area (Å²) in [5.41, 5.74) is -3.53. The fourth-order valence-electron chi connectivity index (χ4n) is 11.4. The van der Waals surface area contributed by atoms with Gasteiger partial charge in [0.2, 0.25) is 5.78 Å². The van der Waals surface area contributed by atoms with E-state index in [0.29, 0.717) is 69.1 Å². The van der Waals surface area contributed by atoms with Crippen LogP contribution in [0.2, 0.25) is 5.02 Å². The van der Waals surface area contributed by atoms with Gasteiger partial charge < -0.3 is 29.0 Å². The average molecular weight is 880 g/mol. The van der Waals surface area contributed by atoms with Gasteiger partial charge in [-0.25, -0.2) is 0 Å². The molecule has 3 aromatic rings. The van der Waals surface area contributed by atoms with Crippen molar-refractivity contribution in [1.82, 2.24) is 4.90 Å². The Labute approximate surface area is 366 Å². The maximum absolute atomic E-state index is 15.2. The summed E-state index contributed by atoms with van der Waals surface area (Å²) in [5, 5.41) is 24.4. The fraction of sp³-hybridized carbons (Fsp3) is 0.571. The zero-order valence-electron chi connectivity index (χ0n) is 36.1. The zero-order chi connectivity index (χ0) is 44.6. The number of hydrogen-bond acceptors (Lipinski definition) is 8. The number of amides is 1. The average Bonchev–Trinajstić information content (AvgIpc) is 4.02. The van der Waals surface area contributed by atoms with E-state index in [0.717, 1.165) is 42.2 Å². The van der Waals surface area contributed by atoms with Crippen LogP contribution in [-0.2, 0) is 31.7 Å². The molecule has 2 saturated carbocycles. The molecule has 62 heavy (non-hydrogen) atoms. The Morgan fingerprint density at radius 1 is 0.968 bits per heavy atom. The molecular weight excluding hydrogens is 823 g/mol. The number of fused-ring (bicyclic) bond motifs is 10. The number of halogens is 4. The third-order valence-electron chi connectivity index (χ3n) is 15.9. The molecule has 4 aliphatic carbocycles. The lowest BCUT2D eigenvalue weighted by molar-refractivity contribution is -0.178. The third kappa shape index (κ3) is 7.34. The van der Waals surface area contributed by atoms with Crippen molar-refractivity contribution in [2.75, 3.05) is 19.7 Å². The topological polar surface area (TPSA) is 127 Å². The summed E-state index contributed by atoms with van der Waals surface area (Å²) in [7, 11) is 0. The lowest BCUT2D eigenvalue weighted by Crippen LogP contribution is -2.61. The molecular formula is C49H57ClF3NO8. The Bertz CT molecular complexity index is 2300. The van der Waals surface area contributed by atoms with Crippen molar-refractivity contribution in [3.05, 3.63) is 93.2 Å². The first-order chi connectivity index (χ1) is 29.1. The predicted octanol–water partition coefficient (Wildman–Crippen LogP) is 10.0. The number of furan rings is 1. The maximum atomic E-state index is 15.2. The number of esters is 1. The van der Waals surface area contributed by atoms with Gasteiger partial charge in [0.15, 0.2) is 11.4 Å². The minimum absolute atomic E-state index is 0.00359. The molecule has 1 amide bonds. The number of rotatable bonds is 8. The molecule has 1 aromatic heterocycles. The van der Waals surface area contributed by atoms with Gasteiger partial charge in [0.25, 0.3) is 5.91 Å². The van der Waals surface area contributed by atoms with Crippen molar-refractivity contribution in [1.29, 1.82) is 0 Å². The summed E-state index contributed by atoms with van der Waals surface area (Å²) >= 11 is 6.36. The number of allylic oxidation sites excluding steroid dienone is 2. The molecule has 2 aromatic carbocycles. The molecule has 2 aliphatic heterocycles. The minimum atomic E-state index is -4.62. The molecule has 4 fully saturated rings. The smallest absolute Gasteiger partial charge is 0.416 e. The van der Waals surface area contributed by atoms with E-state index < -0.39 is 57.0 Å². The molecule has 2 N–H and O–H groups in total. The van der Waals surface area contributed by atoms with Gasteiger partial charge in [0.05, 0.1) is 40.4 Å². The highest BCUT2D eigenvalue weighted by Crippen LogP contribution is 2.66. The Kier molecular flexibility index (Phi) is 11.5. The lowest BCUT2D eigenvalue weighted by atomic mass is 9.64. The van der Waals surface area contributed by atoms with Gasteiger partial charge in [0, 0.05) is 35.1 Å². The van der Waals surface area contributed by atoms with E-state index in [1.807, 2.05) is 46.8 Å². The van der Waals surface area contributed by atoms with Crippen LogP contribution in [0.15, 0.2) is 64.6 Å². The molecule has 0 unspecified atom stereocenters. The molecule has 0 radical (unpaired) electrons. The van der Waals surface area contributed by atoms with Crippen LogP contribution in [0, 0.1) is 16.2 Å². The number of nitrogens with zero attached hydrogens (tertiary/aromatic N) is 1. The quantitative estimate of drug-likeness (QED) is 0.130. The van der Waals surface area contributed by atoms with Crippen LogP contribution in [0.5, 0.6) is 0 Å². The fourth-order valence-corrected chi connectivity index (χ4v) is 11.6. The summed E-state index contributed by atoms with van der Waals surface area (Å²) in [5.74, 6) is -1.72. The van der Waals surface area contributed by atoms with Crippen molar-refractivity contribution in [3.8, 4) is 11.3 Å². The normalized spacial score (nSPS) is 32.0. The van der Waals surface area contributed by atoms with E-state index in [4.69, 9.17) is 25.5 Å². The molecule has 0 spiro atoms. The summed E-state index contributed by atoms with van der Waals surface area (Å²) in [6, 6.07) is 11.3. The Morgan fingerprint density at radius 3 is 2.42 bits per heavy atom. The van der Waals surface area contributed by atoms with Gasteiger partial charge >= 0.3 is 12.1 Å². The number of alkyl halides is 3. The van der Waals surface area contributed by atoms with Crippen molar-refractivity contribution >= 4 is 29.3 Å². The van der Waals surface area contributed by atoms with Gasteiger partial charge in [-0.05, 0) is 138 Å². The van der Waals surface area contributed by atoms with Crippen molar-refractivity contribution < 1.29 is 51.7 Å². The highest BCUT2D eigenvalue weighted by Gasteiger charge is 2.76. The number of hydrogen-bond donors (Lipinski definition) is 2. The molecule has 9 rings (SSSR count). The highest BCUT2D eigenvalue weighted by atomic mass is 35.5. The zero-order valence-corrected chi connectivity index (χ0v) is 36.9. The largest absolute Gasteiger partial charge is 0.453 e. The van der Waals surface area contributed by atoms with Gasteiger partial charge in [-0.3, -0.25) is 14.4 Å². The molecule has 6 aliphatic rings. The summed E-state index contributed by atoms with van der Waals surface area (Å²) in [6.45, 7) is 10.6. The molecule has 2 saturated heterocycles. The lowest BCUT2D eigenvalue weighted by Gasteiger charge is -2.48. The first-order valence-electron chi connectivity index (χ1n) is 22.0. The first-order valence-corrected chi connectivity index (χ1v) is 22.4. The van der Waals surface area contributed by atoms with Gasteiger partial charge in [-0.1, -0.05) is 56.2 Å². The van der Waals surface area contributed by atoms with E-state index in [9.17, 15) is 33.0 Å². The first kappa shape index (κ1) is 44.6. The van der Waals surface area contributed by atoms with Crippen molar-refractivity contribution in [3.63, 3.8) is 0 Å². The SMILES string of the molecule is CC1=CCC[C@@]2(C)[C@@H](CC[C@@]2(O)CN(C[C@H]2CCCO2)C(=O)[C@@]23CC[C@@](C)(C(=O)O2)C3(C)C)c2ccc(cc2C(=O)c2ccc(-c3cc(C(F)(F)F)ccc3Cl)o2)C[C@@H](O)CC1. The van der Waals surface area contributed by atoms with Gasteiger partial charge in [0.1, 0.15) is 5.76 Å². The summed E-state index contributed by atoms with van der Waals surface area (Å²) in [6.07, 6.45) is 2.37. The number of aliphatic hydroxyl groups is 2. The Balaban J connectivity index is 1.19. The Hall–Kier alpha value is -3.97. The van der Waals surface area contributed by atoms with Crippen LogP contribution in [0.3, 0.4) is 0 Å². The molecule has 9 nitrogen and oxygen atoms in total. The van der Waals surface area contributed by atoms with Crippen LogP contribution in [-0.4, -0.2) is 75.9 Å². The molecule has 4 bridgehead atoms.